The molecule has 0 radical (unpaired) electrons. The summed E-state index contributed by atoms with van der Waals surface area (Å²) in [6.45, 7) is 9.41. The van der Waals surface area contributed by atoms with Gasteiger partial charge < -0.3 is 14.2 Å². The number of H-pyrrole nitrogens is 1. The lowest BCUT2D eigenvalue weighted by molar-refractivity contribution is 0.0658. The molecule has 14 nitrogen and oxygen atoms in total. The lowest BCUT2D eigenvalue weighted by atomic mass is 9.91. The summed E-state index contributed by atoms with van der Waals surface area (Å²) >= 11 is 0. The van der Waals surface area contributed by atoms with Gasteiger partial charge in [0.05, 0.1) is 17.4 Å². The second-order valence-corrected chi connectivity index (χ2v) is 16.7. The molecular weight excluding hydrogens is 768 g/mol. The molecule has 6 heterocycles. The number of halogens is 1. The van der Waals surface area contributed by atoms with Crippen molar-refractivity contribution in [1.82, 2.24) is 29.2 Å². The van der Waals surface area contributed by atoms with Crippen molar-refractivity contribution < 1.29 is 23.2 Å². The molecule has 3 fully saturated rings. The number of rotatable bonds is 7. The molecule has 3 aliphatic heterocycles. The van der Waals surface area contributed by atoms with E-state index in [0.29, 0.717) is 77.4 Å². The first-order valence-electron chi connectivity index (χ1n) is 20.6. The molecule has 1 N–H and O–H groups in total. The highest BCUT2D eigenvalue weighted by Crippen LogP contribution is 2.56. The number of hydrogen-bond acceptors (Lipinski definition) is 8. The lowest BCUT2D eigenvalue weighted by Crippen LogP contribution is -2.45. The molecule has 3 aromatic carbocycles. The third kappa shape index (κ3) is 5.84. The van der Waals surface area contributed by atoms with Gasteiger partial charge in [-0.15, -0.1) is 0 Å². The third-order valence-corrected chi connectivity index (χ3v) is 13.2. The predicted octanol–water partition coefficient (Wildman–Crippen LogP) is 6.50. The van der Waals surface area contributed by atoms with Crippen LogP contribution in [0.4, 0.5) is 20.8 Å². The number of para-hydroxylation sites is 1. The fraction of sp³-hybridized carbons (Fsp3) is 0.378. The minimum Gasteiger partial charge on any atom is -0.381 e. The fourth-order valence-corrected chi connectivity index (χ4v) is 9.85. The number of urea groups is 1. The molecule has 0 spiro atoms. The maximum atomic E-state index is 15.2. The summed E-state index contributed by atoms with van der Waals surface area (Å²) in [5.41, 5.74) is 3.87. The van der Waals surface area contributed by atoms with E-state index in [1.54, 1.807) is 35.8 Å². The molecule has 3 atom stereocenters. The molecule has 4 aliphatic rings. The molecule has 10 rings (SSSR count). The summed E-state index contributed by atoms with van der Waals surface area (Å²) in [5, 5.41) is 5.03. The van der Waals surface area contributed by atoms with Crippen molar-refractivity contribution in [3.05, 3.63) is 133 Å². The number of ether oxygens (including phenoxy) is 1. The van der Waals surface area contributed by atoms with Gasteiger partial charge in [-0.25, -0.2) is 23.5 Å². The number of aromatic nitrogens is 5. The highest BCUT2D eigenvalue weighted by atomic mass is 19.1. The Hall–Kier alpha value is -6.35. The van der Waals surface area contributed by atoms with Crippen LogP contribution < -0.4 is 21.1 Å². The zero-order valence-electron chi connectivity index (χ0n) is 33.9. The standard InChI is InChI=1S/C45H45FN8O6/c1-25-20-33(21-26(2)37(25)46)53-39(55)34-12-15-50(28(4)38(34)47-42(53)52-17-16-51(44(52)58)32-8-6-5-7-9-32)40(56)36-23-31-22-30(29-13-18-59-19-14-29)10-11-35(31)54(36)45(24-27(45)3)41-48-43(57)60-49-41/h5-11,20-23,27-29H,12-19,24H2,1-4H3,(H,48,49,57)/t27-,28+,45+/m0/s1. The van der Waals surface area contributed by atoms with E-state index in [2.05, 4.69) is 35.3 Å². The molecule has 6 aromatic rings. The second-order valence-electron chi connectivity index (χ2n) is 16.7. The Kier molecular flexibility index (Phi) is 8.93. The van der Waals surface area contributed by atoms with Gasteiger partial charge in [-0.2, -0.15) is 0 Å². The third-order valence-electron chi connectivity index (χ3n) is 13.2. The second kappa shape index (κ2) is 14.1. The molecule has 0 unspecified atom stereocenters. The van der Waals surface area contributed by atoms with Crippen LogP contribution in [0.5, 0.6) is 0 Å². The van der Waals surface area contributed by atoms with Crippen LogP contribution >= 0.6 is 0 Å². The minimum atomic E-state index is -0.832. The van der Waals surface area contributed by atoms with Crippen molar-refractivity contribution in [3.8, 4) is 5.69 Å². The van der Waals surface area contributed by atoms with Crippen LogP contribution in [0.2, 0.25) is 0 Å². The molecule has 2 saturated heterocycles. The van der Waals surface area contributed by atoms with E-state index in [-0.39, 0.29) is 54.7 Å². The molecule has 0 bridgehead atoms. The first-order valence-corrected chi connectivity index (χ1v) is 20.6. The van der Waals surface area contributed by atoms with Gasteiger partial charge in [0.15, 0.2) is 5.82 Å². The van der Waals surface area contributed by atoms with Gasteiger partial charge >= 0.3 is 11.8 Å². The number of hydrogen-bond donors (Lipinski definition) is 1. The van der Waals surface area contributed by atoms with Gasteiger partial charge in [0, 0.05) is 55.0 Å². The summed E-state index contributed by atoms with van der Waals surface area (Å²) in [7, 11) is 0. The van der Waals surface area contributed by atoms with Gasteiger partial charge in [0.1, 0.15) is 17.1 Å². The van der Waals surface area contributed by atoms with Gasteiger partial charge in [-0.05, 0) is 117 Å². The lowest BCUT2D eigenvalue weighted by Gasteiger charge is -2.36. The zero-order chi connectivity index (χ0) is 41.6. The number of aromatic amines is 1. The average molecular weight is 813 g/mol. The van der Waals surface area contributed by atoms with E-state index >= 15 is 4.79 Å². The summed E-state index contributed by atoms with van der Waals surface area (Å²) in [5.74, 6) is -0.503. The number of amides is 3. The Morgan fingerprint density at radius 3 is 2.30 bits per heavy atom. The fourth-order valence-electron chi connectivity index (χ4n) is 9.85. The number of carbonyl (C=O) groups is 2. The minimum absolute atomic E-state index is 0.0185. The van der Waals surface area contributed by atoms with Gasteiger partial charge in [-0.3, -0.25) is 28.9 Å². The van der Waals surface area contributed by atoms with Crippen LogP contribution in [0.3, 0.4) is 0 Å². The number of aryl methyl sites for hydroxylation is 2. The number of carbonyl (C=O) groups excluding carboxylic acids is 2. The molecular formula is C45H45FN8O6. The topological polar surface area (TPSA) is 152 Å². The summed E-state index contributed by atoms with van der Waals surface area (Å²) in [6.07, 6.45) is 2.64. The van der Waals surface area contributed by atoms with Crippen molar-refractivity contribution in [1.29, 1.82) is 0 Å². The monoisotopic (exact) mass is 812 g/mol. The van der Waals surface area contributed by atoms with E-state index < -0.39 is 17.3 Å². The molecule has 1 saturated carbocycles. The number of nitrogens with zero attached hydrogens (tertiary/aromatic N) is 7. The Morgan fingerprint density at radius 2 is 1.62 bits per heavy atom. The average Bonchev–Trinajstić information content (AvgIpc) is 3.58. The van der Waals surface area contributed by atoms with Crippen LogP contribution in [0.15, 0.2) is 80.8 Å². The van der Waals surface area contributed by atoms with E-state index in [0.717, 1.165) is 23.7 Å². The number of fused-ring (bicyclic) bond motifs is 2. The normalized spacial score (nSPS) is 21.9. The van der Waals surface area contributed by atoms with Crippen LogP contribution in [0.25, 0.3) is 16.6 Å². The summed E-state index contributed by atoms with van der Waals surface area (Å²) in [6, 6.07) is 19.7. The number of anilines is 2. The van der Waals surface area contributed by atoms with Crippen LogP contribution in [-0.2, 0) is 16.7 Å². The Morgan fingerprint density at radius 1 is 0.900 bits per heavy atom. The molecule has 3 amide bonds. The van der Waals surface area contributed by atoms with Crippen molar-refractivity contribution in [2.24, 2.45) is 5.92 Å². The smallest absolute Gasteiger partial charge is 0.381 e. The summed E-state index contributed by atoms with van der Waals surface area (Å²) in [4.78, 5) is 69.4. The predicted molar refractivity (Wildman–Crippen MR) is 222 cm³/mol. The highest BCUT2D eigenvalue weighted by Gasteiger charge is 2.59. The maximum Gasteiger partial charge on any atom is 0.438 e. The van der Waals surface area contributed by atoms with E-state index in [4.69, 9.17) is 14.2 Å². The molecule has 60 heavy (non-hydrogen) atoms. The van der Waals surface area contributed by atoms with Crippen LogP contribution in [-0.4, -0.2) is 73.9 Å². The number of benzene rings is 3. The molecule has 1 aliphatic carbocycles. The zero-order valence-corrected chi connectivity index (χ0v) is 33.9. The van der Waals surface area contributed by atoms with E-state index in [1.165, 1.54) is 15.0 Å². The van der Waals surface area contributed by atoms with E-state index in [1.807, 2.05) is 47.9 Å². The van der Waals surface area contributed by atoms with Crippen molar-refractivity contribution >= 4 is 34.5 Å². The van der Waals surface area contributed by atoms with Crippen molar-refractivity contribution in [3.63, 3.8) is 0 Å². The number of nitrogens with one attached hydrogen (secondary N) is 1. The Bertz CT molecular complexity index is 2820. The highest BCUT2D eigenvalue weighted by molar-refractivity contribution is 6.05. The Balaban J connectivity index is 1.09. The van der Waals surface area contributed by atoms with Gasteiger partial charge in [0.2, 0.25) is 5.95 Å². The van der Waals surface area contributed by atoms with Crippen molar-refractivity contribution in [2.75, 3.05) is 42.6 Å². The first-order chi connectivity index (χ1) is 29.0. The van der Waals surface area contributed by atoms with Gasteiger partial charge in [-0.1, -0.05) is 36.3 Å². The largest absolute Gasteiger partial charge is 0.438 e. The molecule has 308 valence electrons. The van der Waals surface area contributed by atoms with Crippen LogP contribution in [0.1, 0.15) is 89.3 Å². The Labute approximate surface area is 344 Å². The first kappa shape index (κ1) is 37.9. The molecule has 15 heteroatoms. The summed E-state index contributed by atoms with van der Waals surface area (Å²) < 4.78 is 29.0. The van der Waals surface area contributed by atoms with Crippen molar-refractivity contribution in [2.45, 2.75) is 70.9 Å². The van der Waals surface area contributed by atoms with Crippen LogP contribution in [0, 0.1) is 25.6 Å². The SMILES string of the molecule is Cc1cc(-n2c(N3CCN(c4ccccc4)C3=O)nc3c(c2=O)CCN(C(=O)c2cc4cc(C5CCOCC5)ccc4n2[C@]2(c4noc(=O)[nH]4)C[C@@H]2C)[C@@H]3C)cc(C)c1F. The van der Waals surface area contributed by atoms with Gasteiger partial charge in [0.25, 0.3) is 11.5 Å². The van der Waals surface area contributed by atoms with E-state index in [9.17, 15) is 18.8 Å². The quantitative estimate of drug-likeness (QED) is 0.192. The maximum absolute atomic E-state index is 15.2. The molecule has 3 aromatic heterocycles.